The predicted octanol–water partition coefficient (Wildman–Crippen LogP) is -6.53. The third-order valence-corrected chi connectivity index (χ3v) is 9.58. The standard InChI is InChI=1S/C24H21N3O14S4.3Na/c1-13(28)25-16-6-7-17-15(11-16)12-19(42-41-40-30)22(23(17)29)27-26-18-8-5-14-3-2-4-20(21(14)24(18)44(33,34)35)43(31,32)10-9-39-45(36,37)38;;;/h2-8,11-12,29-30H,9-10H2,1H3,(H,25,28)(H,33,34,35)(H,36,37,38);;;/q;3*+1/p-3. The molecule has 0 saturated carbocycles. The van der Waals surface area contributed by atoms with E-state index in [1.165, 1.54) is 49.4 Å². The van der Waals surface area contributed by atoms with Crippen LogP contribution in [0.1, 0.15) is 6.92 Å². The Morgan fingerprint density at radius 2 is 1.62 bits per heavy atom. The van der Waals surface area contributed by atoms with E-state index in [0.29, 0.717) is 11.1 Å². The van der Waals surface area contributed by atoms with Crippen molar-refractivity contribution in [3.63, 3.8) is 0 Å². The molecule has 0 aliphatic carbocycles. The zero-order valence-corrected chi connectivity index (χ0v) is 34.7. The van der Waals surface area contributed by atoms with Crippen LogP contribution in [0.15, 0.2) is 79.5 Å². The molecule has 2 N–H and O–H groups in total. The number of nitrogens with one attached hydrogen (secondary N) is 1. The van der Waals surface area contributed by atoms with Crippen LogP contribution in [0.25, 0.3) is 21.5 Å². The van der Waals surface area contributed by atoms with Crippen molar-refractivity contribution in [1.29, 1.82) is 0 Å². The Morgan fingerprint density at radius 3 is 2.23 bits per heavy atom. The van der Waals surface area contributed by atoms with Crippen LogP contribution in [0.3, 0.4) is 0 Å². The van der Waals surface area contributed by atoms with Crippen molar-refractivity contribution in [3.8, 4) is 5.75 Å². The minimum absolute atomic E-state index is 0. The van der Waals surface area contributed by atoms with Gasteiger partial charge in [-0.05, 0) is 47.2 Å². The number of rotatable bonds is 12. The van der Waals surface area contributed by atoms with Crippen LogP contribution in [0, 0.1) is 0 Å². The molecule has 0 fully saturated rings. The topological polar surface area (TPSA) is 273 Å². The van der Waals surface area contributed by atoms with Gasteiger partial charge in [0.05, 0.1) is 39.1 Å². The van der Waals surface area contributed by atoms with Gasteiger partial charge in [0.2, 0.25) is 16.3 Å². The summed E-state index contributed by atoms with van der Waals surface area (Å²) in [5.41, 5.74) is -0.687. The number of sulfone groups is 1. The molecular weight excluding hydrogens is 752 g/mol. The number of azo groups is 1. The summed E-state index contributed by atoms with van der Waals surface area (Å²) < 4.78 is 104. The first-order chi connectivity index (χ1) is 21.0. The largest absolute Gasteiger partial charge is 1.00 e. The van der Waals surface area contributed by atoms with Crippen LogP contribution in [-0.4, -0.2) is 57.7 Å². The fourth-order valence-corrected chi connectivity index (χ4v) is 7.33. The van der Waals surface area contributed by atoms with Crippen molar-refractivity contribution in [3.05, 3.63) is 54.6 Å². The van der Waals surface area contributed by atoms with Crippen LogP contribution in [0.4, 0.5) is 17.1 Å². The van der Waals surface area contributed by atoms with Gasteiger partial charge in [-0.1, -0.05) is 18.2 Å². The molecule has 0 spiro atoms. The first kappa shape index (κ1) is 45.3. The average molecular weight is 770 g/mol. The number of phenols is 1. The fourth-order valence-electron chi connectivity index (χ4n) is 4.20. The first-order valence-electron chi connectivity index (χ1n) is 12.0. The summed E-state index contributed by atoms with van der Waals surface area (Å²) in [5, 5.41) is 35.0. The Labute approximate surface area is 344 Å². The molecule has 0 unspecified atom stereocenters. The van der Waals surface area contributed by atoms with Gasteiger partial charge in [-0.15, -0.1) is 10.2 Å². The van der Waals surface area contributed by atoms with Gasteiger partial charge in [-0.3, -0.25) is 14.0 Å². The van der Waals surface area contributed by atoms with E-state index in [4.69, 9.17) is 0 Å². The van der Waals surface area contributed by atoms with Gasteiger partial charge in [0, 0.05) is 23.4 Å². The SMILES string of the molecule is CC(=O)Nc1ccc2c(O)c(N=Nc3ccc4cccc(S(=O)(=O)CCOS(=O)(=O)[O-])c4c3S(=O)(=O)[O-])c(SOO[O-])cc2c1.[Na+].[Na+].[Na+]. The number of phenolic OH excluding ortho intramolecular Hbond substituents is 1. The van der Waals surface area contributed by atoms with Crippen LogP contribution in [0.2, 0.25) is 0 Å². The van der Waals surface area contributed by atoms with E-state index in [1.807, 2.05) is 0 Å². The molecule has 0 aromatic heterocycles. The van der Waals surface area contributed by atoms with Gasteiger partial charge in [0.1, 0.15) is 21.5 Å². The monoisotopic (exact) mass is 769 g/mol. The second-order valence-corrected chi connectivity index (χ2v) is 14.1. The average Bonchev–Trinajstić information content (AvgIpc) is 2.93. The molecule has 0 radical (unpaired) electrons. The Balaban J connectivity index is 0.00000384. The molecule has 240 valence electrons. The summed E-state index contributed by atoms with van der Waals surface area (Å²) in [6.45, 7) is 0.190. The molecular formula is C24H18N3Na3O14S4. The molecule has 4 aromatic rings. The summed E-state index contributed by atoms with van der Waals surface area (Å²) in [6.07, 6.45) is 0. The van der Waals surface area contributed by atoms with Crippen LogP contribution < -0.4 is 99.2 Å². The van der Waals surface area contributed by atoms with Gasteiger partial charge in [0.25, 0.3) is 0 Å². The zero-order valence-electron chi connectivity index (χ0n) is 25.4. The molecule has 0 saturated heterocycles. The second-order valence-electron chi connectivity index (χ2n) is 8.88. The molecule has 4 aromatic carbocycles. The van der Waals surface area contributed by atoms with E-state index < -0.39 is 69.3 Å². The summed E-state index contributed by atoms with van der Waals surface area (Å²) in [4.78, 5) is 9.52. The maximum absolute atomic E-state index is 13.1. The molecule has 24 heteroatoms. The molecule has 0 heterocycles. The number of benzene rings is 4. The number of amides is 1. The van der Waals surface area contributed by atoms with E-state index in [-0.39, 0.29) is 128 Å². The maximum atomic E-state index is 13.1. The minimum Gasteiger partial charge on any atom is -0.744 e. The fraction of sp³-hybridized carbons (Fsp3) is 0.125. The summed E-state index contributed by atoms with van der Waals surface area (Å²) in [7, 11) is -15.3. The van der Waals surface area contributed by atoms with Crippen molar-refractivity contribution in [2.45, 2.75) is 21.6 Å². The number of fused-ring (bicyclic) bond motifs is 2. The third kappa shape index (κ3) is 11.4. The van der Waals surface area contributed by atoms with E-state index in [2.05, 4.69) is 29.1 Å². The van der Waals surface area contributed by atoms with E-state index in [0.717, 1.165) is 12.1 Å². The van der Waals surface area contributed by atoms with Crippen molar-refractivity contribution in [2.24, 2.45) is 10.2 Å². The quantitative estimate of drug-likeness (QED) is 0.0258. The normalized spacial score (nSPS) is 11.9. The minimum atomic E-state index is -5.51. The van der Waals surface area contributed by atoms with Crippen LogP contribution in [0.5, 0.6) is 5.75 Å². The smallest absolute Gasteiger partial charge is 0.744 e. The number of nitrogens with zero attached hydrogens (tertiary/aromatic N) is 2. The van der Waals surface area contributed by atoms with E-state index in [1.54, 1.807) is 0 Å². The Morgan fingerprint density at radius 1 is 0.938 bits per heavy atom. The number of carbonyl (C=O) groups excluding carboxylic acids is 1. The predicted molar refractivity (Wildman–Crippen MR) is 152 cm³/mol. The summed E-state index contributed by atoms with van der Waals surface area (Å²) in [5.74, 6) is -2.00. The number of hydrogen-bond donors (Lipinski definition) is 2. The van der Waals surface area contributed by atoms with Crippen molar-refractivity contribution in [2.75, 3.05) is 17.7 Å². The number of hydrogen-bond acceptors (Lipinski definition) is 17. The van der Waals surface area contributed by atoms with Gasteiger partial charge in [-0.2, -0.15) is 4.33 Å². The van der Waals surface area contributed by atoms with Crippen LogP contribution in [-0.2, 0) is 48.7 Å². The molecule has 0 bridgehead atoms. The Hall–Kier alpha value is -0.770. The van der Waals surface area contributed by atoms with E-state index >= 15 is 0 Å². The number of carbonyl (C=O) groups is 1. The van der Waals surface area contributed by atoms with Crippen LogP contribution >= 0.6 is 12.0 Å². The Bertz CT molecular complexity index is 2190. The van der Waals surface area contributed by atoms with Gasteiger partial charge in [0.15, 0.2) is 15.6 Å². The van der Waals surface area contributed by atoms with Gasteiger partial charge < -0.3 is 24.8 Å². The third-order valence-electron chi connectivity index (χ3n) is 5.88. The molecule has 0 aliphatic rings. The molecule has 48 heavy (non-hydrogen) atoms. The van der Waals surface area contributed by atoms with Gasteiger partial charge >= 0.3 is 88.7 Å². The summed E-state index contributed by atoms with van der Waals surface area (Å²) in [6, 6.07) is 11.5. The number of aromatic hydroxyl groups is 1. The maximum Gasteiger partial charge on any atom is 1.00 e. The Kier molecular flexibility index (Phi) is 17.6. The molecule has 0 aliphatic heterocycles. The first-order valence-corrected chi connectivity index (χ1v) is 17.1. The van der Waals surface area contributed by atoms with Gasteiger partial charge in [-0.25, -0.2) is 25.3 Å². The van der Waals surface area contributed by atoms with Crippen molar-refractivity contribution < 1.29 is 152 Å². The molecule has 0 atom stereocenters. The summed E-state index contributed by atoms with van der Waals surface area (Å²) >= 11 is 0.286. The van der Waals surface area contributed by atoms with Crippen molar-refractivity contribution >= 4 is 86.9 Å². The molecule has 4 rings (SSSR count). The number of anilines is 1. The second kappa shape index (κ2) is 18.6. The van der Waals surface area contributed by atoms with Crippen molar-refractivity contribution in [1.82, 2.24) is 0 Å². The molecule has 17 nitrogen and oxygen atoms in total. The zero-order chi connectivity index (χ0) is 33.2. The molecule has 1 amide bonds. The van der Waals surface area contributed by atoms with E-state index in [9.17, 15) is 49.5 Å².